The van der Waals surface area contributed by atoms with Gasteiger partial charge in [0.05, 0.1) is 25.2 Å². The Bertz CT molecular complexity index is 1560. The van der Waals surface area contributed by atoms with Crippen LogP contribution in [-0.4, -0.2) is 72.5 Å². The molecular weight excluding hydrogens is 580 g/mol. The maximum Gasteiger partial charge on any atom is 0.204 e. The van der Waals surface area contributed by atoms with Crippen LogP contribution in [0.1, 0.15) is 84.9 Å². The maximum absolute atomic E-state index is 14.3. The van der Waals surface area contributed by atoms with Crippen LogP contribution >= 0.6 is 0 Å². The molecule has 2 N–H and O–H groups in total. The van der Waals surface area contributed by atoms with Crippen molar-refractivity contribution in [2.24, 2.45) is 0 Å². The van der Waals surface area contributed by atoms with Crippen molar-refractivity contribution in [3.63, 3.8) is 0 Å². The van der Waals surface area contributed by atoms with Gasteiger partial charge in [-0.25, -0.2) is 0 Å². The second kappa shape index (κ2) is 18.1. The second-order valence-corrected chi connectivity index (χ2v) is 12.3. The lowest BCUT2D eigenvalue weighted by molar-refractivity contribution is 0.238. The van der Waals surface area contributed by atoms with Crippen LogP contribution in [-0.2, 0) is 19.4 Å². The van der Waals surface area contributed by atoms with Gasteiger partial charge >= 0.3 is 0 Å². The van der Waals surface area contributed by atoms with E-state index in [1.54, 1.807) is 12.1 Å². The van der Waals surface area contributed by atoms with Gasteiger partial charge in [-0.1, -0.05) is 51.0 Å². The van der Waals surface area contributed by atoms with Crippen LogP contribution in [0.15, 0.2) is 44.6 Å². The molecule has 0 spiro atoms. The lowest BCUT2D eigenvalue weighted by atomic mass is 9.95. The molecule has 3 aromatic rings. The molecule has 1 aromatic heterocycles. The SMILES string of the molecule is CCN(CC)CCCOc1cc2oc3cc(OCCCN(CC)CC)c(CO)c(CC=C(C)C)c3c(=O)c2c(O)c1CC=C(C)C. The number of ether oxygens (including phenoxy) is 2. The number of hydrogen-bond acceptors (Lipinski definition) is 8. The summed E-state index contributed by atoms with van der Waals surface area (Å²) >= 11 is 0. The van der Waals surface area contributed by atoms with E-state index < -0.39 is 0 Å². The number of aromatic hydroxyl groups is 1. The van der Waals surface area contributed by atoms with E-state index in [1.165, 1.54) is 0 Å². The third kappa shape index (κ3) is 9.36. The number of hydrogen-bond donors (Lipinski definition) is 2. The van der Waals surface area contributed by atoms with Crippen LogP contribution in [0.5, 0.6) is 17.2 Å². The largest absolute Gasteiger partial charge is 0.507 e. The first-order chi connectivity index (χ1) is 22.1. The Kier molecular flexibility index (Phi) is 14.6. The third-order valence-corrected chi connectivity index (χ3v) is 8.60. The predicted octanol–water partition coefficient (Wildman–Crippen LogP) is 7.38. The molecule has 0 aliphatic heterocycles. The number of aliphatic hydroxyl groups is 1. The molecule has 0 radical (unpaired) electrons. The van der Waals surface area contributed by atoms with Crippen molar-refractivity contribution in [3.05, 3.63) is 62.3 Å². The van der Waals surface area contributed by atoms with E-state index in [-0.39, 0.29) is 28.8 Å². The summed E-state index contributed by atoms with van der Waals surface area (Å²) in [6.45, 7) is 23.0. The Labute approximate surface area is 275 Å². The number of benzene rings is 2. The number of rotatable bonds is 19. The van der Waals surface area contributed by atoms with Crippen LogP contribution in [0.3, 0.4) is 0 Å². The fourth-order valence-corrected chi connectivity index (χ4v) is 5.75. The molecule has 0 amide bonds. The number of aliphatic hydroxyl groups excluding tert-OH is 1. The molecule has 2 aromatic carbocycles. The average Bonchev–Trinajstić information content (AvgIpc) is 3.02. The predicted molar refractivity (Wildman–Crippen MR) is 190 cm³/mol. The van der Waals surface area contributed by atoms with E-state index in [2.05, 4.69) is 37.5 Å². The lowest BCUT2D eigenvalue weighted by Crippen LogP contribution is -2.25. The molecule has 3 rings (SSSR count). The summed E-state index contributed by atoms with van der Waals surface area (Å²) in [5.74, 6) is 0.889. The second-order valence-electron chi connectivity index (χ2n) is 12.3. The summed E-state index contributed by atoms with van der Waals surface area (Å²) in [6.07, 6.45) is 6.53. The summed E-state index contributed by atoms with van der Waals surface area (Å²) in [6, 6.07) is 3.45. The van der Waals surface area contributed by atoms with Crippen molar-refractivity contribution in [1.82, 2.24) is 9.80 Å². The zero-order valence-corrected chi connectivity index (χ0v) is 29.4. The van der Waals surface area contributed by atoms with Gasteiger partial charge in [0.2, 0.25) is 5.43 Å². The van der Waals surface area contributed by atoms with Gasteiger partial charge in [-0.3, -0.25) is 4.79 Å². The Morgan fingerprint density at radius 3 is 1.65 bits per heavy atom. The van der Waals surface area contributed by atoms with Gasteiger partial charge in [-0.15, -0.1) is 0 Å². The molecule has 0 fully saturated rings. The van der Waals surface area contributed by atoms with Gasteiger partial charge in [-0.2, -0.15) is 0 Å². The summed E-state index contributed by atoms with van der Waals surface area (Å²) in [4.78, 5) is 19.0. The number of fused-ring (bicyclic) bond motifs is 2. The average molecular weight is 637 g/mol. The van der Waals surface area contributed by atoms with E-state index in [9.17, 15) is 15.0 Å². The number of phenols is 1. The maximum atomic E-state index is 14.3. The molecule has 46 heavy (non-hydrogen) atoms. The van der Waals surface area contributed by atoms with Crippen molar-refractivity contribution in [1.29, 1.82) is 0 Å². The molecule has 0 atom stereocenters. The number of phenolic OH excluding ortho intramolecular Hbond substituents is 1. The highest BCUT2D eigenvalue weighted by Crippen LogP contribution is 2.39. The van der Waals surface area contributed by atoms with Crippen molar-refractivity contribution in [2.45, 2.75) is 87.7 Å². The van der Waals surface area contributed by atoms with Gasteiger partial charge in [0.15, 0.2) is 0 Å². The van der Waals surface area contributed by atoms with E-state index in [0.717, 1.165) is 63.3 Å². The fraction of sp³-hybridized carbons (Fsp3) is 0.553. The van der Waals surface area contributed by atoms with Gasteiger partial charge < -0.3 is 33.9 Å². The quantitative estimate of drug-likeness (QED) is 0.0800. The first kappa shape index (κ1) is 37.1. The third-order valence-electron chi connectivity index (χ3n) is 8.60. The molecule has 8 heteroatoms. The molecular formula is C38H56N2O6. The molecule has 0 saturated carbocycles. The van der Waals surface area contributed by atoms with E-state index in [4.69, 9.17) is 13.9 Å². The van der Waals surface area contributed by atoms with Gasteiger partial charge in [0.1, 0.15) is 33.8 Å². The molecule has 8 nitrogen and oxygen atoms in total. The van der Waals surface area contributed by atoms with Crippen molar-refractivity contribution >= 4 is 21.9 Å². The molecule has 0 unspecified atom stereocenters. The smallest absolute Gasteiger partial charge is 0.204 e. The normalized spacial score (nSPS) is 11.5. The van der Waals surface area contributed by atoms with Crippen molar-refractivity contribution < 1.29 is 24.1 Å². The van der Waals surface area contributed by atoms with Crippen molar-refractivity contribution in [3.8, 4) is 17.2 Å². The minimum atomic E-state index is -0.333. The fourth-order valence-electron chi connectivity index (χ4n) is 5.75. The van der Waals surface area contributed by atoms with Crippen LogP contribution < -0.4 is 14.9 Å². The summed E-state index contributed by atoms with van der Waals surface area (Å²) in [7, 11) is 0. The molecule has 254 valence electrons. The zero-order valence-electron chi connectivity index (χ0n) is 29.4. The Morgan fingerprint density at radius 1 is 0.739 bits per heavy atom. The van der Waals surface area contributed by atoms with Crippen LogP contribution in [0.25, 0.3) is 21.9 Å². The molecule has 0 aliphatic carbocycles. The minimum Gasteiger partial charge on any atom is -0.507 e. The minimum absolute atomic E-state index is 0.121. The lowest BCUT2D eigenvalue weighted by Gasteiger charge is -2.20. The molecule has 0 aliphatic rings. The highest BCUT2D eigenvalue weighted by Gasteiger charge is 2.24. The highest BCUT2D eigenvalue weighted by atomic mass is 16.5. The Balaban J connectivity index is 2.19. The number of allylic oxidation sites excluding steroid dienone is 4. The first-order valence-electron chi connectivity index (χ1n) is 17.0. The Morgan fingerprint density at radius 2 is 1.20 bits per heavy atom. The molecule has 0 saturated heterocycles. The molecule has 1 heterocycles. The van der Waals surface area contributed by atoms with Crippen LogP contribution in [0.4, 0.5) is 0 Å². The van der Waals surface area contributed by atoms with E-state index in [0.29, 0.717) is 65.2 Å². The topological polar surface area (TPSA) is 95.6 Å². The van der Waals surface area contributed by atoms with Crippen LogP contribution in [0, 0.1) is 0 Å². The summed E-state index contributed by atoms with van der Waals surface area (Å²) in [5, 5.41) is 22.7. The van der Waals surface area contributed by atoms with E-state index in [1.807, 2.05) is 39.8 Å². The van der Waals surface area contributed by atoms with E-state index >= 15 is 0 Å². The van der Waals surface area contributed by atoms with Gasteiger partial charge in [-0.05, 0) is 85.1 Å². The molecule has 0 bridgehead atoms. The highest BCUT2D eigenvalue weighted by molar-refractivity contribution is 5.97. The first-order valence-corrected chi connectivity index (χ1v) is 17.0. The Hall–Kier alpha value is -3.33. The summed E-state index contributed by atoms with van der Waals surface area (Å²) < 4.78 is 18.9. The monoisotopic (exact) mass is 636 g/mol. The standard InChI is InChI=1S/C38H56N2O6/c1-9-39(10-2)19-13-21-44-31-23-34-36(37(42)29(31)18-16-27(7)8)38(43)35-28(17-15-26(5)6)30(25-41)32(24-33(35)46-34)45-22-14-20-40(11-3)12-4/h15-16,23-24,41-42H,9-14,17-22,25H2,1-8H3. The van der Waals surface area contributed by atoms with Crippen molar-refractivity contribution in [2.75, 3.05) is 52.5 Å². The zero-order chi connectivity index (χ0) is 33.8. The number of nitrogens with zero attached hydrogens (tertiary/aromatic N) is 2. The van der Waals surface area contributed by atoms with Gasteiger partial charge in [0.25, 0.3) is 0 Å². The van der Waals surface area contributed by atoms with Crippen LogP contribution in [0.2, 0.25) is 0 Å². The summed E-state index contributed by atoms with van der Waals surface area (Å²) in [5.41, 5.74) is 4.24. The van der Waals surface area contributed by atoms with Gasteiger partial charge in [0, 0.05) is 36.3 Å².